The predicted molar refractivity (Wildman–Crippen MR) is 71.7 cm³/mol. The molecule has 0 aliphatic rings. The molecule has 0 fully saturated rings. The van der Waals surface area contributed by atoms with E-state index in [9.17, 15) is 4.79 Å². The summed E-state index contributed by atoms with van der Waals surface area (Å²) in [5.74, 6) is 0. The Morgan fingerprint density at radius 2 is 1.25 bits per heavy atom. The van der Waals surface area contributed by atoms with Crippen LogP contribution in [0.4, 0.5) is 0 Å². The number of hydrogen-bond acceptors (Lipinski definition) is 1. The van der Waals surface area contributed by atoms with Crippen LogP contribution in [0.5, 0.6) is 0 Å². The molecule has 0 heterocycles. The fourth-order valence-electron chi connectivity index (χ4n) is 1.90. The third-order valence-electron chi connectivity index (χ3n) is 2.94. The van der Waals surface area contributed by atoms with Crippen molar-refractivity contribution in [2.24, 2.45) is 0 Å². The van der Waals surface area contributed by atoms with Crippen LogP contribution >= 0.6 is 0 Å². The molecule has 0 saturated carbocycles. The lowest BCUT2D eigenvalue weighted by Crippen LogP contribution is -1.81. The van der Waals surface area contributed by atoms with E-state index in [-0.39, 0.29) is 0 Å². The number of hydrogen-bond donors (Lipinski definition) is 0. The zero-order chi connectivity index (χ0) is 11.9. The second kappa shape index (κ2) is 14.4. The van der Waals surface area contributed by atoms with Crippen LogP contribution in [0.25, 0.3) is 0 Å². The zero-order valence-electron chi connectivity index (χ0n) is 10.9. The molecule has 0 rings (SSSR count). The minimum absolute atomic E-state index is 0.857. The monoisotopic (exact) mass is 224 g/mol. The van der Waals surface area contributed by atoms with Crippen molar-refractivity contribution in [1.82, 2.24) is 0 Å². The third-order valence-corrected chi connectivity index (χ3v) is 2.94. The summed E-state index contributed by atoms with van der Waals surface area (Å²) in [6, 6.07) is 0. The van der Waals surface area contributed by atoms with Crippen LogP contribution in [0, 0.1) is 0 Å². The molecule has 1 heteroatoms. The van der Waals surface area contributed by atoms with E-state index in [0.717, 1.165) is 12.7 Å². The number of allylic oxidation sites excluding steroid dienone is 2. The summed E-state index contributed by atoms with van der Waals surface area (Å²) in [4.78, 5) is 10.0. The second-order valence-corrected chi connectivity index (χ2v) is 4.53. The SMILES string of the molecule is CCCCCCCCCCCC/C=C/C=O. The lowest BCUT2D eigenvalue weighted by atomic mass is 10.1. The first kappa shape index (κ1) is 15.4. The van der Waals surface area contributed by atoms with E-state index in [1.165, 1.54) is 64.2 Å². The summed E-state index contributed by atoms with van der Waals surface area (Å²) in [6.07, 6.45) is 19.2. The average Bonchev–Trinajstić information content (AvgIpc) is 2.31. The molecule has 0 aliphatic heterocycles. The predicted octanol–water partition coefficient (Wildman–Crippen LogP) is 5.05. The first-order valence-electron chi connectivity index (χ1n) is 7.02. The Morgan fingerprint density at radius 1 is 0.750 bits per heavy atom. The van der Waals surface area contributed by atoms with Gasteiger partial charge >= 0.3 is 0 Å². The number of aldehydes is 1. The van der Waals surface area contributed by atoms with Gasteiger partial charge in [0.1, 0.15) is 6.29 Å². The van der Waals surface area contributed by atoms with Gasteiger partial charge in [0.05, 0.1) is 0 Å². The molecule has 0 atom stereocenters. The normalized spacial score (nSPS) is 11.1. The summed E-state index contributed by atoms with van der Waals surface area (Å²) in [7, 11) is 0. The van der Waals surface area contributed by atoms with Gasteiger partial charge in [-0.15, -0.1) is 0 Å². The highest BCUT2D eigenvalue weighted by Crippen LogP contribution is 2.11. The molecule has 0 aromatic heterocycles. The number of unbranched alkanes of at least 4 members (excludes halogenated alkanes) is 10. The molecule has 0 aliphatic carbocycles. The topological polar surface area (TPSA) is 17.1 Å². The van der Waals surface area contributed by atoms with Crippen LogP contribution in [0.1, 0.15) is 77.6 Å². The van der Waals surface area contributed by atoms with Crippen molar-refractivity contribution in [2.45, 2.75) is 77.6 Å². The molecule has 0 spiro atoms. The Bertz CT molecular complexity index is 161. The van der Waals surface area contributed by atoms with Gasteiger partial charge in [0, 0.05) is 0 Å². The minimum atomic E-state index is 0.857. The summed E-state index contributed by atoms with van der Waals surface area (Å²) < 4.78 is 0. The van der Waals surface area contributed by atoms with E-state index >= 15 is 0 Å². The van der Waals surface area contributed by atoms with Gasteiger partial charge < -0.3 is 0 Å². The van der Waals surface area contributed by atoms with Crippen LogP contribution in [-0.4, -0.2) is 6.29 Å². The van der Waals surface area contributed by atoms with E-state index in [0.29, 0.717) is 0 Å². The van der Waals surface area contributed by atoms with Gasteiger partial charge in [-0.2, -0.15) is 0 Å². The van der Waals surface area contributed by atoms with Crippen molar-refractivity contribution in [3.05, 3.63) is 12.2 Å². The van der Waals surface area contributed by atoms with Gasteiger partial charge in [0.15, 0.2) is 0 Å². The summed E-state index contributed by atoms with van der Waals surface area (Å²) in [5.41, 5.74) is 0. The first-order chi connectivity index (χ1) is 7.91. The molecule has 0 bridgehead atoms. The van der Waals surface area contributed by atoms with Crippen molar-refractivity contribution in [3.63, 3.8) is 0 Å². The Kier molecular flexibility index (Phi) is 13.9. The minimum Gasteiger partial charge on any atom is -0.299 e. The highest BCUT2D eigenvalue weighted by Gasteiger charge is 1.91. The van der Waals surface area contributed by atoms with Crippen LogP contribution in [-0.2, 0) is 4.79 Å². The van der Waals surface area contributed by atoms with Gasteiger partial charge in [0.25, 0.3) is 0 Å². The zero-order valence-corrected chi connectivity index (χ0v) is 10.9. The maximum absolute atomic E-state index is 10.0. The van der Waals surface area contributed by atoms with E-state index in [4.69, 9.17) is 0 Å². The Labute approximate surface area is 101 Å². The van der Waals surface area contributed by atoms with Crippen LogP contribution < -0.4 is 0 Å². The molecule has 0 aromatic rings. The molecular weight excluding hydrogens is 196 g/mol. The average molecular weight is 224 g/mol. The smallest absolute Gasteiger partial charge is 0.142 e. The van der Waals surface area contributed by atoms with Gasteiger partial charge in [-0.1, -0.05) is 70.8 Å². The maximum atomic E-state index is 10.0. The highest BCUT2D eigenvalue weighted by atomic mass is 16.1. The van der Waals surface area contributed by atoms with Crippen LogP contribution in [0.3, 0.4) is 0 Å². The molecule has 0 unspecified atom stereocenters. The lowest BCUT2D eigenvalue weighted by Gasteiger charge is -2.01. The molecule has 0 saturated heterocycles. The highest BCUT2D eigenvalue weighted by molar-refractivity contribution is 5.64. The van der Waals surface area contributed by atoms with Crippen LogP contribution in [0.2, 0.25) is 0 Å². The van der Waals surface area contributed by atoms with Crippen molar-refractivity contribution >= 4 is 6.29 Å². The lowest BCUT2D eigenvalue weighted by molar-refractivity contribution is -0.104. The molecule has 0 amide bonds. The van der Waals surface area contributed by atoms with Crippen molar-refractivity contribution in [1.29, 1.82) is 0 Å². The van der Waals surface area contributed by atoms with Crippen LogP contribution in [0.15, 0.2) is 12.2 Å². The van der Waals surface area contributed by atoms with E-state index in [1.54, 1.807) is 6.08 Å². The number of carbonyl (C=O) groups excluding carboxylic acids is 1. The van der Waals surface area contributed by atoms with Gasteiger partial charge in [-0.25, -0.2) is 0 Å². The fourth-order valence-corrected chi connectivity index (χ4v) is 1.90. The Morgan fingerprint density at radius 3 is 1.75 bits per heavy atom. The fraction of sp³-hybridized carbons (Fsp3) is 0.800. The summed E-state index contributed by atoms with van der Waals surface area (Å²) in [5, 5.41) is 0. The molecule has 1 nitrogen and oxygen atoms in total. The van der Waals surface area contributed by atoms with E-state index in [2.05, 4.69) is 6.92 Å². The summed E-state index contributed by atoms with van der Waals surface area (Å²) in [6.45, 7) is 2.26. The van der Waals surface area contributed by atoms with E-state index in [1.807, 2.05) is 6.08 Å². The molecular formula is C15H28O. The molecule has 16 heavy (non-hydrogen) atoms. The Hall–Kier alpha value is -0.590. The second-order valence-electron chi connectivity index (χ2n) is 4.53. The standard InChI is InChI=1S/C15H28O/c1-2-3-4-5-6-7-8-9-10-11-12-13-14-15-16/h13-15H,2-12H2,1H3/b14-13+. The molecule has 94 valence electrons. The first-order valence-corrected chi connectivity index (χ1v) is 7.02. The molecule has 0 aromatic carbocycles. The van der Waals surface area contributed by atoms with Gasteiger partial charge in [0.2, 0.25) is 0 Å². The van der Waals surface area contributed by atoms with Crippen molar-refractivity contribution in [3.8, 4) is 0 Å². The number of rotatable bonds is 12. The van der Waals surface area contributed by atoms with Gasteiger partial charge in [-0.3, -0.25) is 4.79 Å². The molecule has 0 N–H and O–H groups in total. The van der Waals surface area contributed by atoms with Crippen molar-refractivity contribution < 1.29 is 4.79 Å². The van der Waals surface area contributed by atoms with Gasteiger partial charge in [-0.05, 0) is 18.9 Å². The Balaban J connectivity index is 2.93. The summed E-state index contributed by atoms with van der Waals surface area (Å²) >= 11 is 0. The largest absolute Gasteiger partial charge is 0.299 e. The van der Waals surface area contributed by atoms with E-state index < -0.39 is 0 Å². The number of carbonyl (C=O) groups is 1. The third kappa shape index (κ3) is 13.4. The molecule has 0 radical (unpaired) electrons. The maximum Gasteiger partial charge on any atom is 0.142 e. The quantitative estimate of drug-likeness (QED) is 0.257. The van der Waals surface area contributed by atoms with Crippen molar-refractivity contribution in [2.75, 3.05) is 0 Å².